The summed E-state index contributed by atoms with van der Waals surface area (Å²) in [4.78, 5) is 4.90. The number of aromatic nitrogens is 3. The third-order valence-electron chi connectivity index (χ3n) is 13.7. The standard InChI is InChI=1S/C62H41N3/c1-3-18-46(19-4-1)62(47-20-5-2-6-21-47)55-28-16-27-53(50-24-8-7-23-49(50)42-32-34-43(35-33-42)57-41-64-38-14-13-31-60(64)63-57)61(55)54-37-36-45(40-56(54)62)44-17-15-22-48(39-44)65-58-29-11-9-25-51(58)52-26-10-12-30-59(52)65/h1-41H. The van der Waals surface area contributed by atoms with Crippen molar-refractivity contribution < 1.29 is 0 Å². The summed E-state index contributed by atoms with van der Waals surface area (Å²) >= 11 is 0. The van der Waals surface area contributed by atoms with E-state index in [1.54, 1.807) is 0 Å². The molecule has 0 saturated carbocycles. The van der Waals surface area contributed by atoms with E-state index in [1.807, 2.05) is 24.4 Å². The lowest BCUT2D eigenvalue weighted by Gasteiger charge is -2.34. The van der Waals surface area contributed by atoms with Crippen LogP contribution in [0.4, 0.5) is 0 Å². The Morgan fingerprint density at radius 3 is 1.68 bits per heavy atom. The number of fused-ring (bicyclic) bond motifs is 7. The van der Waals surface area contributed by atoms with Gasteiger partial charge in [-0.25, -0.2) is 4.98 Å². The molecule has 0 spiro atoms. The number of hydrogen-bond acceptors (Lipinski definition) is 1. The molecule has 0 radical (unpaired) electrons. The van der Waals surface area contributed by atoms with E-state index in [-0.39, 0.29) is 0 Å². The highest BCUT2D eigenvalue weighted by atomic mass is 15.0. The number of hydrogen-bond donors (Lipinski definition) is 0. The van der Waals surface area contributed by atoms with Crippen molar-refractivity contribution >= 4 is 27.5 Å². The van der Waals surface area contributed by atoms with E-state index < -0.39 is 5.41 Å². The van der Waals surface area contributed by atoms with Crippen LogP contribution in [0.3, 0.4) is 0 Å². The van der Waals surface area contributed by atoms with E-state index >= 15 is 0 Å². The average Bonchev–Trinajstić information content (AvgIpc) is 4.06. The first kappa shape index (κ1) is 37.1. The molecule has 3 aromatic heterocycles. The van der Waals surface area contributed by atoms with Crippen LogP contribution in [0, 0.1) is 0 Å². The van der Waals surface area contributed by atoms with Gasteiger partial charge in [0.2, 0.25) is 0 Å². The molecule has 304 valence electrons. The van der Waals surface area contributed by atoms with E-state index in [0.29, 0.717) is 0 Å². The number of rotatable bonds is 7. The summed E-state index contributed by atoms with van der Waals surface area (Å²) in [6.45, 7) is 0. The summed E-state index contributed by atoms with van der Waals surface area (Å²) in [6, 6.07) is 86.8. The highest BCUT2D eigenvalue weighted by Crippen LogP contribution is 2.59. The van der Waals surface area contributed by atoms with Crippen LogP contribution in [-0.2, 0) is 5.41 Å². The minimum Gasteiger partial charge on any atom is -0.309 e. The summed E-state index contributed by atoms with van der Waals surface area (Å²) in [6.07, 6.45) is 4.14. The molecule has 13 rings (SSSR count). The molecule has 9 aromatic carbocycles. The molecular weight excluding hydrogens is 787 g/mol. The molecular formula is C62H41N3. The van der Waals surface area contributed by atoms with Crippen LogP contribution in [0.1, 0.15) is 22.3 Å². The van der Waals surface area contributed by atoms with Crippen LogP contribution in [-0.4, -0.2) is 14.0 Å². The highest BCUT2D eigenvalue weighted by Gasteiger charge is 2.47. The molecule has 65 heavy (non-hydrogen) atoms. The summed E-state index contributed by atoms with van der Waals surface area (Å²) in [7, 11) is 0. The van der Waals surface area contributed by atoms with E-state index in [9.17, 15) is 0 Å². The third kappa shape index (κ3) is 5.72. The lowest BCUT2D eigenvalue weighted by Crippen LogP contribution is -2.28. The fourth-order valence-electron chi connectivity index (χ4n) is 10.8. The molecule has 1 aliphatic carbocycles. The van der Waals surface area contributed by atoms with Crippen molar-refractivity contribution in [3.05, 3.63) is 271 Å². The number of pyridine rings is 1. The summed E-state index contributed by atoms with van der Waals surface area (Å²) in [5, 5.41) is 2.52. The van der Waals surface area contributed by atoms with Crippen molar-refractivity contribution in [1.29, 1.82) is 0 Å². The second-order valence-electron chi connectivity index (χ2n) is 17.1. The predicted molar refractivity (Wildman–Crippen MR) is 269 cm³/mol. The Kier molecular flexibility index (Phi) is 8.44. The zero-order chi connectivity index (χ0) is 42.9. The van der Waals surface area contributed by atoms with E-state index in [2.05, 4.69) is 234 Å². The molecule has 0 atom stereocenters. The third-order valence-corrected chi connectivity index (χ3v) is 13.7. The Hall–Kier alpha value is -8.53. The molecule has 0 N–H and O–H groups in total. The summed E-state index contributed by atoms with van der Waals surface area (Å²) in [5.41, 5.74) is 20.7. The van der Waals surface area contributed by atoms with Crippen LogP contribution < -0.4 is 0 Å². The molecule has 0 unspecified atom stereocenters. The predicted octanol–water partition coefficient (Wildman–Crippen LogP) is 15.5. The van der Waals surface area contributed by atoms with Crippen LogP contribution in [0.15, 0.2) is 249 Å². The quantitative estimate of drug-likeness (QED) is 0.157. The van der Waals surface area contributed by atoms with Gasteiger partial charge in [-0.05, 0) is 109 Å². The van der Waals surface area contributed by atoms with Crippen molar-refractivity contribution in [1.82, 2.24) is 14.0 Å². The number of nitrogens with zero attached hydrogens (tertiary/aromatic N) is 3. The average molecular weight is 828 g/mol. The minimum absolute atomic E-state index is 0.575. The molecule has 0 aliphatic heterocycles. The first-order valence-electron chi connectivity index (χ1n) is 22.4. The lowest BCUT2D eigenvalue weighted by molar-refractivity contribution is 0.769. The maximum Gasteiger partial charge on any atom is 0.137 e. The van der Waals surface area contributed by atoms with Crippen molar-refractivity contribution in [3.63, 3.8) is 0 Å². The van der Waals surface area contributed by atoms with Gasteiger partial charge in [0.05, 0.1) is 22.1 Å². The minimum atomic E-state index is -0.575. The van der Waals surface area contributed by atoms with Crippen LogP contribution in [0.2, 0.25) is 0 Å². The fourth-order valence-corrected chi connectivity index (χ4v) is 10.8. The number of benzene rings is 9. The van der Waals surface area contributed by atoms with Gasteiger partial charge >= 0.3 is 0 Å². The molecule has 0 fully saturated rings. The SMILES string of the molecule is c1ccc(C2(c3ccccc3)c3cc(-c4cccc(-n5c6ccccc6c6ccccc65)c4)ccc3-c3c(-c4ccccc4-c4ccc(-c5cn6ccccc6n5)cc4)cccc32)cc1. The first-order valence-corrected chi connectivity index (χ1v) is 22.4. The van der Waals surface area contributed by atoms with Gasteiger partial charge in [-0.2, -0.15) is 0 Å². The second-order valence-corrected chi connectivity index (χ2v) is 17.1. The monoisotopic (exact) mass is 827 g/mol. The number of imidazole rings is 1. The van der Waals surface area contributed by atoms with Crippen molar-refractivity contribution in [3.8, 4) is 61.5 Å². The lowest BCUT2D eigenvalue weighted by atomic mass is 9.67. The highest BCUT2D eigenvalue weighted by molar-refractivity contribution is 6.09. The molecule has 0 bridgehead atoms. The van der Waals surface area contributed by atoms with Gasteiger partial charge in [0.15, 0.2) is 0 Å². The Balaban J connectivity index is 1.00. The van der Waals surface area contributed by atoms with Gasteiger partial charge in [0, 0.05) is 34.4 Å². The first-order chi connectivity index (χ1) is 32.2. The van der Waals surface area contributed by atoms with Crippen LogP contribution in [0.5, 0.6) is 0 Å². The van der Waals surface area contributed by atoms with Crippen molar-refractivity contribution in [2.24, 2.45) is 0 Å². The largest absolute Gasteiger partial charge is 0.309 e. The molecule has 1 aliphatic rings. The van der Waals surface area contributed by atoms with Crippen molar-refractivity contribution in [2.45, 2.75) is 5.41 Å². The van der Waals surface area contributed by atoms with Crippen molar-refractivity contribution in [2.75, 3.05) is 0 Å². The van der Waals surface area contributed by atoms with Crippen LogP contribution >= 0.6 is 0 Å². The number of para-hydroxylation sites is 2. The molecule has 12 aromatic rings. The smallest absolute Gasteiger partial charge is 0.137 e. The van der Waals surface area contributed by atoms with Gasteiger partial charge in [-0.1, -0.05) is 194 Å². The van der Waals surface area contributed by atoms with Gasteiger partial charge in [-0.3, -0.25) is 0 Å². The van der Waals surface area contributed by atoms with Gasteiger partial charge in [-0.15, -0.1) is 0 Å². The topological polar surface area (TPSA) is 22.2 Å². The molecule has 3 heterocycles. The van der Waals surface area contributed by atoms with Gasteiger partial charge in [0.25, 0.3) is 0 Å². The Morgan fingerprint density at radius 1 is 0.369 bits per heavy atom. The van der Waals surface area contributed by atoms with Gasteiger partial charge in [0.1, 0.15) is 5.65 Å². The van der Waals surface area contributed by atoms with Crippen LogP contribution in [0.25, 0.3) is 88.9 Å². The molecule has 3 heteroatoms. The molecule has 0 saturated heterocycles. The maximum atomic E-state index is 4.90. The van der Waals surface area contributed by atoms with E-state index in [4.69, 9.17) is 4.98 Å². The Labute approximate surface area is 377 Å². The van der Waals surface area contributed by atoms with Gasteiger partial charge < -0.3 is 8.97 Å². The summed E-state index contributed by atoms with van der Waals surface area (Å²) < 4.78 is 4.48. The second kappa shape index (κ2) is 14.8. The maximum absolute atomic E-state index is 4.90. The molecule has 3 nitrogen and oxygen atoms in total. The fraction of sp³-hybridized carbons (Fsp3) is 0.0161. The normalized spacial score (nSPS) is 12.7. The zero-order valence-corrected chi connectivity index (χ0v) is 35.5. The molecule has 0 amide bonds. The Bertz CT molecular complexity index is 3640. The zero-order valence-electron chi connectivity index (χ0n) is 35.5. The van der Waals surface area contributed by atoms with E-state index in [1.165, 1.54) is 88.6 Å². The Morgan fingerprint density at radius 2 is 0.954 bits per heavy atom. The van der Waals surface area contributed by atoms with E-state index in [0.717, 1.165) is 22.6 Å². The summed E-state index contributed by atoms with van der Waals surface area (Å²) in [5.74, 6) is 0.